The van der Waals surface area contributed by atoms with Gasteiger partial charge in [0.15, 0.2) is 6.10 Å². The average Bonchev–Trinajstić information content (AvgIpc) is 3.01. The predicted molar refractivity (Wildman–Crippen MR) is 90.0 cm³/mol. The van der Waals surface area contributed by atoms with Crippen LogP contribution >= 0.6 is 23.2 Å². The van der Waals surface area contributed by atoms with Gasteiger partial charge in [-0.1, -0.05) is 40.9 Å². The first-order valence-corrected chi connectivity index (χ1v) is 7.80. The van der Waals surface area contributed by atoms with Crippen LogP contribution < -0.4 is 4.74 Å². The van der Waals surface area contributed by atoms with Gasteiger partial charge in [-0.05, 0) is 38.1 Å². The van der Waals surface area contributed by atoms with Crippen molar-refractivity contribution in [1.29, 1.82) is 0 Å². The fourth-order valence-electron chi connectivity index (χ4n) is 2.10. The Bertz CT molecular complexity index is 833. The second-order valence-corrected chi connectivity index (χ2v) is 5.99. The smallest absolute Gasteiger partial charge is 0.257 e. The summed E-state index contributed by atoms with van der Waals surface area (Å²) in [6.07, 6.45) is -0.447. The van der Waals surface area contributed by atoms with E-state index in [0.717, 1.165) is 11.1 Å². The number of nitrogens with zero attached hydrogens (tertiary/aromatic N) is 2. The Labute approximate surface area is 144 Å². The molecule has 118 valence electrons. The summed E-state index contributed by atoms with van der Waals surface area (Å²) in [7, 11) is 0. The van der Waals surface area contributed by atoms with Crippen molar-refractivity contribution in [1.82, 2.24) is 10.2 Å². The van der Waals surface area contributed by atoms with E-state index in [1.54, 1.807) is 18.2 Å². The fraction of sp³-hybridized carbons (Fsp3) is 0.176. The molecule has 1 heterocycles. The molecule has 0 saturated carbocycles. The van der Waals surface area contributed by atoms with Crippen molar-refractivity contribution in [3.8, 4) is 17.2 Å². The van der Waals surface area contributed by atoms with Crippen LogP contribution in [0.2, 0.25) is 10.0 Å². The third kappa shape index (κ3) is 3.66. The predicted octanol–water partition coefficient (Wildman–Crippen LogP) is 5.49. The topological polar surface area (TPSA) is 48.2 Å². The average molecular weight is 349 g/mol. The second kappa shape index (κ2) is 6.60. The van der Waals surface area contributed by atoms with Crippen molar-refractivity contribution >= 4 is 23.2 Å². The van der Waals surface area contributed by atoms with Gasteiger partial charge in [0.05, 0.1) is 5.02 Å². The summed E-state index contributed by atoms with van der Waals surface area (Å²) in [6.45, 7) is 3.82. The molecular formula is C17H14Cl2N2O2. The van der Waals surface area contributed by atoms with E-state index in [-0.39, 0.29) is 0 Å². The van der Waals surface area contributed by atoms with Gasteiger partial charge < -0.3 is 9.15 Å². The van der Waals surface area contributed by atoms with Gasteiger partial charge in [0, 0.05) is 16.7 Å². The lowest BCUT2D eigenvalue weighted by molar-refractivity contribution is 0.190. The highest BCUT2D eigenvalue weighted by Gasteiger charge is 2.18. The summed E-state index contributed by atoms with van der Waals surface area (Å²) in [5.74, 6) is 1.30. The molecule has 6 heteroatoms. The molecule has 23 heavy (non-hydrogen) atoms. The van der Waals surface area contributed by atoms with Crippen molar-refractivity contribution in [3.05, 3.63) is 64.0 Å². The number of ether oxygens (including phenoxy) is 1. The fourth-order valence-corrected chi connectivity index (χ4v) is 2.43. The summed E-state index contributed by atoms with van der Waals surface area (Å²) < 4.78 is 11.5. The van der Waals surface area contributed by atoms with Crippen LogP contribution in [-0.2, 0) is 0 Å². The Morgan fingerprint density at radius 3 is 2.70 bits per heavy atom. The molecule has 3 aromatic rings. The molecule has 2 aromatic carbocycles. The number of rotatable bonds is 4. The van der Waals surface area contributed by atoms with E-state index in [1.165, 1.54) is 0 Å². The number of benzene rings is 2. The van der Waals surface area contributed by atoms with E-state index in [1.807, 2.05) is 38.1 Å². The zero-order chi connectivity index (χ0) is 16.4. The molecule has 0 amide bonds. The minimum absolute atomic E-state index is 0.373. The molecule has 0 fully saturated rings. The molecule has 1 aromatic heterocycles. The minimum atomic E-state index is -0.447. The molecule has 0 aliphatic carbocycles. The number of aryl methyl sites for hydroxylation is 1. The van der Waals surface area contributed by atoms with Gasteiger partial charge in [0.25, 0.3) is 5.89 Å². The lowest BCUT2D eigenvalue weighted by Crippen LogP contribution is -2.03. The van der Waals surface area contributed by atoms with Crippen molar-refractivity contribution < 1.29 is 9.15 Å². The molecular weight excluding hydrogens is 335 g/mol. The first-order chi connectivity index (χ1) is 11.0. The molecule has 0 bridgehead atoms. The van der Waals surface area contributed by atoms with Crippen LogP contribution in [0.15, 0.2) is 46.9 Å². The monoisotopic (exact) mass is 348 g/mol. The Balaban J connectivity index is 1.81. The van der Waals surface area contributed by atoms with E-state index in [9.17, 15) is 0 Å². The Kier molecular flexibility index (Phi) is 4.55. The number of hydrogen-bond donors (Lipinski definition) is 0. The third-order valence-electron chi connectivity index (χ3n) is 3.25. The van der Waals surface area contributed by atoms with Gasteiger partial charge in [0.2, 0.25) is 5.89 Å². The number of aromatic nitrogens is 2. The van der Waals surface area contributed by atoms with Crippen LogP contribution in [0.25, 0.3) is 11.5 Å². The molecule has 0 spiro atoms. The van der Waals surface area contributed by atoms with Gasteiger partial charge in [-0.25, -0.2) is 0 Å². The highest BCUT2D eigenvalue weighted by molar-refractivity contribution is 6.34. The molecule has 3 rings (SSSR count). The van der Waals surface area contributed by atoms with Crippen LogP contribution in [0.5, 0.6) is 5.75 Å². The molecule has 0 saturated heterocycles. The molecule has 0 aliphatic rings. The maximum atomic E-state index is 6.10. The van der Waals surface area contributed by atoms with Crippen LogP contribution in [0.3, 0.4) is 0 Å². The maximum absolute atomic E-state index is 6.10. The van der Waals surface area contributed by atoms with Crippen LogP contribution in [0.1, 0.15) is 24.5 Å². The zero-order valence-electron chi connectivity index (χ0n) is 12.6. The largest absolute Gasteiger partial charge is 0.479 e. The molecule has 0 unspecified atom stereocenters. The lowest BCUT2D eigenvalue weighted by atomic mass is 10.1. The molecule has 0 radical (unpaired) electrons. The van der Waals surface area contributed by atoms with Crippen molar-refractivity contribution in [3.63, 3.8) is 0 Å². The van der Waals surface area contributed by atoms with E-state index in [0.29, 0.717) is 27.6 Å². The molecule has 4 nitrogen and oxygen atoms in total. The third-order valence-corrected chi connectivity index (χ3v) is 3.80. The van der Waals surface area contributed by atoms with Gasteiger partial charge in [-0.3, -0.25) is 0 Å². The zero-order valence-corrected chi connectivity index (χ0v) is 14.1. The van der Waals surface area contributed by atoms with E-state index in [2.05, 4.69) is 10.2 Å². The molecule has 0 N–H and O–H groups in total. The Morgan fingerprint density at radius 2 is 1.91 bits per heavy atom. The summed E-state index contributed by atoms with van der Waals surface area (Å²) >= 11 is 12.1. The SMILES string of the molecule is Cc1cccc(-c2nnc([C@@H](C)Oc3cc(Cl)ccc3Cl)o2)c1. The summed E-state index contributed by atoms with van der Waals surface area (Å²) in [4.78, 5) is 0. The molecule has 0 aliphatic heterocycles. The van der Waals surface area contributed by atoms with Gasteiger partial charge in [-0.2, -0.15) is 0 Å². The number of hydrogen-bond acceptors (Lipinski definition) is 4. The highest BCUT2D eigenvalue weighted by Crippen LogP contribution is 2.32. The lowest BCUT2D eigenvalue weighted by Gasteiger charge is -2.12. The van der Waals surface area contributed by atoms with Gasteiger partial charge in [0.1, 0.15) is 5.75 Å². The highest BCUT2D eigenvalue weighted by atomic mass is 35.5. The second-order valence-electron chi connectivity index (χ2n) is 5.15. The van der Waals surface area contributed by atoms with Crippen molar-refractivity contribution in [2.45, 2.75) is 20.0 Å². The quantitative estimate of drug-likeness (QED) is 0.625. The van der Waals surface area contributed by atoms with Crippen LogP contribution in [-0.4, -0.2) is 10.2 Å². The van der Waals surface area contributed by atoms with Crippen LogP contribution in [0.4, 0.5) is 0 Å². The maximum Gasteiger partial charge on any atom is 0.257 e. The van der Waals surface area contributed by atoms with Gasteiger partial charge >= 0.3 is 0 Å². The summed E-state index contributed by atoms with van der Waals surface area (Å²) in [5, 5.41) is 9.14. The van der Waals surface area contributed by atoms with Crippen molar-refractivity contribution in [2.24, 2.45) is 0 Å². The first-order valence-electron chi connectivity index (χ1n) is 7.05. The number of halogens is 2. The van der Waals surface area contributed by atoms with Gasteiger partial charge in [-0.15, -0.1) is 10.2 Å². The summed E-state index contributed by atoms with van der Waals surface area (Å²) in [6, 6.07) is 12.9. The molecule has 1 atom stereocenters. The van der Waals surface area contributed by atoms with Crippen molar-refractivity contribution in [2.75, 3.05) is 0 Å². The normalized spacial score (nSPS) is 12.2. The minimum Gasteiger partial charge on any atom is -0.479 e. The van der Waals surface area contributed by atoms with E-state index in [4.69, 9.17) is 32.4 Å². The Morgan fingerprint density at radius 1 is 1.09 bits per heavy atom. The Hall–Kier alpha value is -2.04. The van der Waals surface area contributed by atoms with E-state index < -0.39 is 6.10 Å². The standard InChI is InChI=1S/C17H14Cl2N2O2/c1-10-4-3-5-12(8-10)17-21-20-16(23-17)11(2)22-15-9-13(18)6-7-14(15)19/h3-9,11H,1-2H3/t11-/m1/s1. The van der Waals surface area contributed by atoms with E-state index >= 15 is 0 Å². The summed E-state index contributed by atoms with van der Waals surface area (Å²) in [5.41, 5.74) is 1.99. The first kappa shape index (κ1) is 15.8. The van der Waals surface area contributed by atoms with Crippen LogP contribution in [0, 0.1) is 6.92 Å².